The molecule has 3 rings (SSSR count). The number of hydrogen-bond acceptors (Lipinski definition) is 5. The standard InChI is InChI=1S/C15H17N3O2S/c19-13(9-8-12-7-4-10-21-12)16-15-18-17-14(20-15)11-5-2-1-3-6-11/h4,7-11H,1-3,5-6H2,(H,16,18,19). The molecule has 1 fully saturated rings. The van der Waals surface area contributed by atoms with Crippen LogP contribution in [0, 0.1) is 0 Å². The Hall–Kier alpha value is -1.95. The average molecular weight is 303 g/mol. The van der Waals surface area contributed by atoms with E-state index in [2.05, 4.69) is 15.5 Å². The number of carbonyl (C=O) groups is 1. The normalized spacial score (nSPS) is 16.4. The molecular weight excluding hydrogens is 286 g/mol. The topological polar surface area (TPSA) is 68.0 Å². The van der Waals surface area contributed by atoms with Gasteiger partial charge in [0.2, 0.25) is 5.89 Å². The van der Waals surface area contributed by atoms with E-state index in [0.717, 1.165) is 17.7 Å². The smallest absolute Gasteiger partial charge is 0.322 e. The largest absolute Gasteiger partial charge is 0.408 e. The van der Waals surface area contributed by atoms with E-state index in [1.54, 1.807) is 17.4 Å². The summed E-state index contributed by atoms with van der Waals surface area (Å²) in [5.74, 6) is 0.730. The third kappa shape index (κ3) is 3.78. The molecule has 2 aromatic heterocycles. The van der Waals surface area contributed by atoms with Gasteiger partial charge in [0.15, 0.2) is 0 Å². The first kappa shape index (κ1) is 14.0. The van der Waals surface area contributed by atoms with Crippen molar-refractivity contribution in [2.24, 2.45) is 0 Å². The molecule has 0 atom stereocenters. The first-order chi connectivity index (χ1) is 10.3. The lowest BCUT2D eigenvalue weighted by molar-refractivity contribution is -0.112. The Morgan fingerprint density at radius 2 is 2.19 bits per heavy atom. The summed E-state index contributed by atoms with van der Waals surface area (Å²) >= 11 is 1.58. The van der Waals surface area contributed by atoms with Gasteiger partial charge in [-0.3, -0.25) is 10.1 Å². The summed E-state index contributed by atoms with van der Waals surface area (Å²) in [5, 5.41) is 12.5. The fraction of sp³-hybridized carbons (Fsp3) is 0.400. The van der Waals surface area contributed by atoms with Crippen molar-refractivity contribution in [3.8, 4) is 0 Å². The van der Waals surface area contributed by atoms with Gasteiger partial charge in [-0.2, -0.15) is 0 Å². The molecule has 21 heavy (non-hydrogen) atoms. The van der Waals surface area contributed by atoms with Crippen LogP contribution in [0.25, 0.3) is 6.08 Å². The van der Waals surface area contributed by atoms with Crippen molar-refractivity contribution in [3.05, 3.63) is 34.4 Å². The van der Waals surface area contributed by atoms with Crippen molar-refractivity contribution in [2.75, 3.05) is 5.32 Å². The number of amides is 1. The van der Waals surface area contributed by atoms with E-state index in [1.807, 2.05) is 17.5 Å². The van der Waals surface area contributed by atoms with Crippen LogP contribution in [0.2, 0.25) is 0 Å². The Kier molecular flexibility index (Phi) is 4.45. The molecule has 2 aromatic rings. The van der Waals surface area contributed by atoms with Crippen LogP contribution in [0.1, 0.15) is 48.8 Å². The Balaban J connectivity index is 1.57. The molecule has 0 unspecified atom stereocenters. The first-order valence-electron chi connectivity index (χ1n) is 7.17. The Morgan fingerprint density at radius 3 is 2.95 bits per heavy atom. The Bertz CT molecular complexity index is 613. The molecule has 110 valence electrons. The van der Waals surface area contributed by atoms with E-state index in [4.69, 9.17) is 4.42 Å². The maximum absolute atomic E-state index is 11.8. The van der Waals surface area contributed by atoms with Gasteiger partial charge in [0.1, 0.15) is 0 Å². The molecule has 0 radical (unpaired) electrons. The first-order valence-corrected chi connectivity index (χ1v) is 8.05. The summed E-state index contributed by atoms with van der Waals surface area (Å²) in [5.41, 5.74) is 0. The summed E-state index contributed by atoms with van der Waals surface area (Å²) in [4.78, 5) is 12.8. The molecule has 1 amide bonds. The minimum absolute atomic E-state index is 0.177. The second-order valence-corrected chi connectivity index (χ2v) is 6.10. The van der Waals surface area contributed by atoms with Crippen molar-refractivity contribution in [1.29, 1.82) is 0 Å². The molecular formula is C15H17N3O2S. The van der Waals surface area contributed by atoms with Crippen molar-refractivity contribution in [1.82, 2.24) is 10.2 Å². The summed E-state index contributed by atoms with van der Waals surface area (Å²) in [6, 6.07) is 4.07. The number of hydrogen-bond donors (Lipinski definition) is 1. The molecule has 6 heteroatoms. The average Bonchev–Trinajstić information content (AvgIpc) is 3.17. The number of rotatable bonds is 4. The summed E-state index contributed by atoms with van der Waals surface area (Å²) in [7, 11) is 0. The Morgan fingerprint density at radius 1 is 1.33 bits per heavy atom. The highest BCUT2D eigenvalue weighted by molar-refractivity contribution is 7.10. The van der Waals surface area contributed by atoms with Gasteiger partial charge < -0.3 is 4.42 Å². The monoisotopic (exact) mass is 303 g/mol. The van der Waals surface area contributed by atoms with Gasteiger partial charge in [0.25, 0.3) is 5.91 Å². The van der Waals surface area contributed by atoms with Crippen LogP contribution in [0.4, 0.5) is 6.01 Å². The van der Waals surface area contributed by atoms with Crippen LogP contribution in [-0.4, -0.2) is 16.1 Å². The molecule has 0 aliphatic heterocycles. The second kappa shape index (κ2) is 6.67. The fourth-order valence-electron chi connectivity index (χ4n) is 2.49. The highest BCUT2D eigenvalue weighted by Crippen LogP contribution is 2.32. The number of nitrogens with zero attached hydrogens (tertiary/aromatic N) is 2. The number of anilines is 1. The van der Waals surface area contributed by atoms with E-state index in [1.165, 1.54) is 25.3 Å². The summed E-state index contributed by atoms with van der Waals surface area (Å²) in [6.45, 7) is 0. The van der Waals surface area contributed by atoms with Crippen LogP contribution < -0.4 is 5.32 Å². The number of thiophene rings is 1. The van der Waals surface area contributed by atoms with Gasteiger partial charge in [-0.1, -0.05) is 30.4 Å². The Labute approximate surface area is 127 Å². The van der Waals surface area contributed by atoms with E-state index in [0.29, 0.717) is 11.8 Å². The zero-order chi connectivity index (χ0) is 14.5. The molecule has 0 bridgehead atoms. The van der Waals surface area contributed by atoms with Crippen LogP contribution >= 0.6 is 11.3 Å². The van der Waals surface area contributed by atoms with Crippen molar-refractivity contribution in [3.63, 3.8) is 0 Å². The van der Waals surface area contributed by atoms with Crippen molar-refractivity contribution in [2.45, 2.75) is 38.0 Å². The van der Waals surface area contributed by atoms with E-state index in [-0.39, 0.29) is 11.9 Å². The third-order valence-electron chi connectivity index (χ3n) is 3.57. The van der Waals surface area contributed by atoms with Crippen LogP contribution in [0.15, 0.2) is 28.0 Å². The van der Waals surface area contributed by atoms with Crippen LogP contribution in [0.5, 0.6) is 0 Å². The molecule has 0 aromatic carbocycles. The molecule has 2 heterocycles. The minimum atomic E-state index is -0.262. The molecule has 0 saturated heterocycles. The van der Waals surface area contributed by atoms with Crippen LogP contribution in [0.3, 0.4) is 0 Å². The van der Waals surface area contributed by atoms with E-state index in [9.17, 15) is 4.79 Å². The lowest BCUT2D eigenvalue weighted by Crippen LogP contribution is -2.07. The lowest BCUT2D eigenvalue weighted by atomic mass is 9.89. The highest BCUT2D eigenvalue weighted by Gasteiger charge is 2.21. The minimum Gasteiger partial charge on any atom is -0.408 e. The van der Waals surface area contributed by atoms with Gasteiger partial charge in [-0.05, 0) is 30.4 Å². The molecule has 1 aliphatic carbocycles. The fourth-order valence-corrected chi connectivity index (χ4v) is 3.11. The molecule has 1 aliphatic rings. The van der Waals surface area contributed by atoms with E-state index >= 15 is 0 Å². The SMILES string of the molecule is O=C(C=Cc1cccs1)Nc1nnc(C2CCCCC2)o1. The van der Waals surface area contributed by atoms with Gasteiger partial charge in [-0.25, -0.2) is 0 Å². The van der Waals surface area contributed by atoms with E-state index < -0.39 is 0 Å². The molecule has 0 spiro atoms. The van der Waals surface area contributed by atoms with Gasteiger partial charge in [0.05, 0.1) is 0 Å². The number of nitrogens with one attached hydrogen (secondary N) is 1. The van der Waals surface area contributed by atoms with Crippen molar-refractivity contribution >= 4 is 29.3 Å². The summed E-state index contributed by atoms with van der Waals surface area (Å²) < 4.78 is 5.55. The quantitative estimate of drug-likeness (QED) is 0.872. The molecule has 5 nitrogen and oxygen atoms in total. The highest BCUT2D eigenvalue weighted by atomic mass is 32.1. The predicted molar refractivity (Wildman–Crippen MR) is 82.1 cm³/mol. The van der Waals surface area contributed by atoms with Crippen LogP contribution in [-0.2, 0) is 4.79 Å². The van der Waals surface area contributed by atoms with Gasteiger partial charge >= 0.3 is 6.01 Å². The zero-order valence-electron chi connectivity index (χ0n) is 11.6. The number of carbonyl (C=O) groups excluding carboxylic acids is 1. The van der Waals surface area contributed by atoms with Gasteiger partial charge in [0, 0.05) is 16.9 Å². The predicted octanol–water partition coefficient (Wildman–Crippen LogP) is 3.83. The number of aromatic nitrogens is 2. The maximum atomic E-state index is 11.8. The zero-order valence-corrected chi connectivity index (χ0v) is 12.4. The third-order valence-corrected chi connectivity index (χ3v) is 4.40. The lowest BCUT2D eigenvalue weighted by Gasteiger charge is -2.17. The summed E-state index contributed by atoms with van der Waals surface area (Å²) in [6.07, 6.45) is 9.11. The van der Waals surface area contributed by atoms with Gasteiger partial charge in [-0.15, -0.1) is 16.4 Å². The molecule has 1 N–H and O–H groups in total. The maximum Gasteiger partial charge on any atom is 0.322 e. The van der Waals surface area contributed by atoms with Crippen molar-refractivity contribution < 1.29 is 9.21 Å². The second-order valence-electron chi connectivity index (χ2n) is 5.12. The molecule has 1 saturated carbocycles.